The molecule has 0 N–H and O–H groups in total. The molecule has 1 fully saturated rings. The Morgan fingerprint density at radius 2 is 1.79 bits per heavy atom. The molecule has 0 aliphatic carbocycles. The van der Waals surface area contributed by atoms with E-state index < -0.39 is 0 Å². The maximum atomic E-state index is 11.2. The van der Waals surface area contributed by atoms with Crippen LogP contribution in [0.15, 0.2) is 79.4 Å². The fraction of sp³-hybridized carbons (Fsp3) is 0.323. The molecule has 2 aliphatic rings. The molecule has 6 rings (SSSR count). The molecule has 2 aliphatic heterocycles. The highest BCUT2D eigenvalue weighted by molar-refractivity contribution is 5.62. The average molecular weight is 522 g/mol. The number of nitrogens with zero attached hydrogens (tertiary/aromatic N) is 7. The quantitative estimate of drug-likeness (QED) is 0.253. The summed E-state index contributed by atoms with van der Waals surface area (Å²) in [6, 6.07) is 12.1. The van der Waals surface area contributed by atoms with Gasteiger partial charge in [0, 0.05) is 43.3 Å². The van der Waals surface area contributed by atoms with Gasteiger partial charge in [-0.3, -0.25) is 19.4 Å². The Bertz CT molecular complexity index is 1410. The van der Waals surface area contributed by atoms with Crippen LogP contribution in [-0.2, 0) is 17.8 Å². The van der Waals surface area contributed by atoms with E-state index in [1.54, 1.807) is 6.20 Å². The number of hydrogen-bond donors (Lipinski definition) is 0. The lowest BCUT2D eigenvalue weighted by atomic mass is 10.1. The molecule has 8 nitrogen and oxygen atoms in total. The van der Waals surface area contributed by atoms with Crippen molar-refractivity contribution in [2.45, 2.75) is 58.0 Å². The second-order valence-corrected chi connectivity index (χ2v) is 9.86. The monoisotopic (exact) mass is 521 g/mol. The predicted octanol–water partition coefficient (Wildman–Crippen LogP) is 5.57. The van der Waals surface area contributed by atoms with Crippen LogP contribution in [0.25, 0.3) is 28.8 Å². The Kier molecular flexibility index (Phi) is 8.73. The molecule has 0 radical (unpaired) electrons. The maximum absolute atomic E-state index is 11.2. The fourth-order valence-corrected chi connectivity index (χ4v) is 5.13. The highest BCUT2D eigenvalue weighted by Gasteiger charge is 2.20. The van der Waals surface area contributed by atoms with Gasteiger partial charge < -0.3 is 9.47 Å². The van der Waals surface area contributed by atoms with Crippen LogP contribution in [-0.4, -0.2) is 53.2 Å². The second-order valence-electron chi connectivity index (χ2n) is 9.86. The normalized spacial score (nSPS) is 17.7. The summed E-state index contributed by atoms with van der Waals surface area (Å²) >= 11 is 0. The number of likely N-dealkylation sites (tertiary alicyclic amines) is 1. The van der Waals surface area contributed by atoms with Crippen LogP contribution in [0, 0.1) is 6.92 Å². The van der Waals surface area contributed by atoms with Gasteiger partial charge in [-0.1, -0.05) is 43.2 Å². The largest absolute Gasteiger partial charge is 0.340 e. The third-order valence-electron chi connectivity index (χ3n) is 7.11. The molecule has 1 saturated heterocycles. The minimum absolute atomic E-state index is 0.251. The third-order valence-corrected chi connectivity index (χ3v) is 7.11. The minimum Gasteiger partial charge on any atom is -0.340 e. The van der Waals surface area contributed by atoms with Crippen LogP contribution in [0.2, 0.25) is 0 Å². The van der Waals surface area contributed by atoms with Crippen LogP contribution in [0.1, 0.15) is 43.6 Å². The summed E-state index contributed by atoms with van der Waals surface area (Å²) in [6.07, 6.45) is 23.4. The Morgan fingerprint density at radius 1 is 0.974 bits per heavy atom. The molecule has 4 aromatic heterocycles. The summed E-state index contributed by atoms with van der Waals surface area (Å²) < 4.78 is 4.08. The van der Waals surface area contributed by atoms with Crippen LogP contribution >= 0.6 is 0 Å². The summed E-state index contributed by atoms with van der Waals surface area (Å²) in [5.74, 6) is 1.07. The number of allylic oxidation sites excluding steroid dienone is 3. The Hall–Kier alpha value is -4.33. The highest BCUT2D eigenvalue weighted by Crippen LogP contribution is 2.25. The van der Waals surface area contributed by atoms with E-state index in [9.17, 15) is 4.79 Å². The van der Waals surface area contributed by atoms with E-state index >= 15 is 0 Å². The van der Waals surface area contributed by atoms with Crippen molar-refractivity contribution in [3.05, 3.63) is 90.9 Å². The van der Waals surface area contributed by atoms with Crippen LogP contribution in [0.4, 0.5) is 0 Å². The highest BCUT2D eigenvalue weighted by atomic mass is 16.1. The van der Waals surface area contributed by atoms with Crippen LogP contribution < -0.4 is 0 Å². The van der Waals surface area contributed by atoms with Gasteiger partial charge in [-0.05, 0) is 50.5 Å². The van der Waals surface area contributed by atoms with E-state index in [1.165, 1.54) is 12.8 Å². The van der Waals surface area contributed by atoms with Crippen molar-refractivity contribution in [2.24, 2.45) is 0 Å². The van der Waals surface area contributed by atoms with E-state index in [0.29, 0.717) is 0 Å². The summed E-state index contributed by atoms with van der Waals surface area (Å²) in [6.45, 7) is 3.66. The zero-order valence-corrected chi connectivity index (χ0v) is 22.4. The Balaban J connectivity index is 0.000000160. The van der Waals surface area contributed by atoms with Crippen molar-refractivity contribution in [3.8, 4) is 22.6 Å². The zero-order valence-electron chi connectivity index (χ0n) is 22.4. The zero-order chi connectivity index (χ0) is 26.9. The van der Waals surface area contributed by atoms with Crippen molar-refractivity contribution < 1.29 is 4.79 Å². The number of carbonyl (C=O) groups excluding carboxylic acids is 1. The number of amides is 1. The first-order valence-corrected chi connectivity index (χ1v) is 13.7. The lowest BCUT2D eigenvalue weighted by molar-refractivity contribution is -0.120. The molecular weight excluding hydrogens is 486 g/mol. The number of imidazole rings is 1. The maximum Gasteiger partial charge on any atom is 0.210 e. The average Bonchev–Trinajstić information content (AvgIpc) is 3.47. The Labute approximate surface area is 229 Å². The number of aromatic nitrogens is 6. The van der Waals surface area contributed by atoms with Crippen molar-refractivity contribution in [3.63, 3.8) is 0 Å². The molecule has 6 heterocycles. The Morgan fingerprint density at radius 3 is 2.56 bits per heavy atom. The molecule has 0 bridgehead atoms. The second kappa shape index (κ2) is 13.0. The lowest BCUT2D eigenvalue weighted by Crippen LogP contribution is -2.37. The first kappa shape index (κ1) is 26.3. The molecule has 0 spiro atoms. The molecule has 0 saturated carbocycles. The molecule has 1 amide bonds. The van der Waals surface area contributed by atoms with Gasteiger partial charge in [-0.2, -0.15) is 5.10 Å². The molecule has 8 heteroatoms. The molecule has 0 aromatic carbocycles. The predicted molar refractivity (Wildman–Crippen MR) is 153 cm³/mol. The van der Waals surface area contributed by atoms with Crippen LogP contribution in [0.3, 0.4) is 0 Å². The summed E-state index contributed by atoms with van der Waals surface area (Å²) in [5, 5.41) is 4.42. The van der Waals surface area contributed by atoms with Crippen molar-refractivity contribution in [1.29, 1.82) is 0 Å². The third kappa shape index (κ3) is 6.57. The molecule has 4 aromatic rings. The first-order valence-electron chi connectivity index (χ1n) is 13.7. The molecule has 39 heavy (non-hydrogen) atoms. The van der Waals surface area contributed by atoms with Gasteiger partial charge in [-0.15, -0.1) is 0 Å². The topological polar surface area (TPSA) is 81.7 Å². The van der Waals surface area contributed by atoms with Crippen molar-refractivity contribution in [2.75, 3.05) is 6.54 Å². The van der Waals surface area contributed by atoms with Gasteiger partial charge in [0.05, 0.1) is 41.6 Å². The number of fused-ring (bicyclic) bond motifs is 1. The van der Waals surface area contributed by atoms with Crippen molar-refractivity contribution >= 4 is 12.6 Å². The summed E-state index contributed by atoms with van der Waals surface area (Å²) in [4.78, 5) is 26.6. The standard InChI is InChI=1S/C16H20N4O.C15H15N3/c21-13-19-9-5-1-2-6-15(19)12-20-11-14(10-18-20)16-7-3-4-8-17-16;1-12-15(13-8-5-6-10-16-13)18-11-7-3-2-4-9-14(18)17-12/h3-4,7-8,10-11,13,15H,1-2,5-6,9,12H2;2,4-8,10-11H,3,9H2,1H3/b;4-2-,11-7?/t15-;/m0./s1. The van der Waals surface area contributed by atoms with E-state index in [0.717, 1.165) is 79.3 Å². The molecule has 1 atom stereocenters. The number of carbonyl (C=O) groups is 1. The van der Waals surface area contributed by atoms with Gasteiger partial charge in [0.2, 0.25) is 6.41 Å². The smallest absolute Gasteiger partial charge is 0.210 e. The molecule has 0 unspecified atom stereocenters. The fourth-order valence-electron chi connectivity index (χ4n) is 5.13. The van der Waals surface area contributed by atoms with Crippen LogP contribution in [0.5, 0.6) is 0 Å². The van der Waals surface area contributed by atoms with E-state index in [2.05, 4.69) is 49.0 Å². The van der Waals surface area contributed by atoms with Crippen molar-refractivity contribution in [1.82, 2.24) is 34.2 Å². The minimum atomic E-state index is 0.251. The molecular formula is C31H35N7O. The van der Waals surface area contributed by atoms with Gasteiger partial charge in [0.15, 0.2) is 0 Å². The number of aryl methyl sites for hydroxylation is 1. The van der Waals surface area contributed by atoms with E-state index in [-0.39, 0.29) is 6.04 Å². The van der Waals surface area contributed by atoms with Gasteiger partial charge >= 0.3 is 0 Å². The van der Waals surface area contributed by atoms with Gasteiger partial charge in [-0.25, -0.2) is 4.98 Å². The lowest BCUT2D eigenvalue weighted by Gasteiger charge is -2.25. The number of rotatable bonds is 5. The number of hydrogen-bond acceptors (Lipinski definition) is 5. The summed E-state index contributed by atoms with van der Waals surface area (Å²) in [7, 11) is 0. The van der Waals surface area contributed by atoms with E-state index in [4.69, 9.17) is 0 Å². The SMILES string of the molecule is Cc1nc2n(c1-c1ccccn1)C=CC/C=C\C2.O=CN1CCCCC[C@H]1Cn1cc(-c2ccccn2)cn1. The first-order chi connectivity index (χ1) is 19.2. The van der Waals surface area contributed by atoms with Gasteiger partial charge in [0.25, 0.3) is 0 Å². The molecule has 200 valence electrons. The summed E-state index contributed by atoms with van der Waals surface area (Å²) in [5.41, 5.74) is 5.04. The van der Waals surface area contributed by atoms with Gasteiger partial charge in [0.1, 0.15) is 5.82 Å². The number of pyridine rings is 2. The van der Waals surface area contributed by atoms with E-state index in [1.807, 2.05) is 71.5 Å².